The third kappa shape index (κ3) is 7.71. The van der Waals surface area contributed by atoms with Crippen molar-refractivity contribution in [3.8, 4) is 11.8 Å². The van der Waals surface area contributed by atoms with E-state index in [1.54, 1.807) is 42.7 Å². The Kier molecular flexibility index (Phi) is 10.5. The van der Waals surface area contributed by atoms with Crippen LogP contribution >= 0.6 is 11.6 Å². The lowest BCUT2D eigenvalue weighted by molar-refractivity contribution is -0.136. The van der Waals surface area contributed by atoms with Crippen LogP contribution in [-0.2, 0) is 9.59 Å². The van der Waals surface area contributed by atoms with Crippen LogP contribution in [0.3, 0.4) is 0 Å². The van der Waals surface area contributed by atoms with Gasteiger partial charge < -0.3 is 24.8 Å². The highest BCUT2D eigenvalue weighted by Gasteiger charge is 2.48. The van der Waals surface area contributed by atoms with Crippen molar-refractivity contribution >= 4 is 52.6 Å². The predicted octanol–water partition coefficient (Wildman–Crippen LogP) is 4.09. The molecule has 5 amide bonds. The van der Waals surface area contributed by atoms with E-state index in [-0.39, 0.29) is 36.3 Å². The molecular formula is C43H46ClN9O6. The standard InChI is InChI=1S/C43H46ClN9O6/c44-34-20-31(5-1-26(34)21-45)59-30-6-2-27(3-7-30)48-39(55)35-22-47-37(23-46-35)51-15-11-28(12-16-51)50-17-13-43(14-18-50)24-52(25-43)29-4-8-32-33(19-29)42(58)53(41(32)57)36-9-10-38(54)49-40(36)56/h1,4-5,8,19-20,22-23,27-28,30,36H,2-3,6-7,9-18,24-25H2,(H,48,55)(H,49,54,56)/t27-,30-,36?. The number of likely N-dealkylation sites (tertiary alicyclic amines) is 1. The third-order valence-corrected chi connectivity index (χ3v) is 13.6. The Hall–Kier alpha value is -5.59. The summed E-state index contributed by atoms with van der Waals surface area (Å²) in [6, 6.07) is 12.1. The molecule has 16 heteroatoms. The Morgan fingerprint density at radius 2 is 1.61 bits per heavy atom. The number of nitrogens with one attached hydrogen (secondary N) is 2. The molecule has 1 aliphatic carbocycles. The van der Waals surface area contributed by atoms with Crippen LogP contribution in [0.5, 0.6) is 5.75 Å². The first-order chi connectivity index (χ1) is 28.6. The highest BCUT2D eigenvalue weighted by molar-refractivity contribution is 6.31. The Bertz CT molecular complexity index is 2210. The number of carbonyl (C=O) groups excluding carboxylic acids is 5. The first-order valence-corrected chi connectivity index (χ1v) is 21.0. The number of halogens is 1. The molecule has 1 saturated carbocycles. The van der Waals surface area contributed by atoms with Crippen LogP contribution in [0.1, 0.15) is 101 Å². The van der Waals surface area contributed by atoms with Crippen molar-refractivity contribution in [3.63, 3.8) is 0 Å². The second-order valence-electron chi connectivity index (χ2n) is 16.9. The Morgan fingerprint density at radius 3 is 2.29 bits per heavy atom. The molecular weight excluding hydrogens is 774 g/mol. The fraction of sp³-hybridized carbons (Fsp3) is 0.488. The van der Waals surface area contributed by atoms with E-state index >= 15 is 0 Å². The van der Waals surface area contributed by atoms with Crippen molar-refractivity contribution in [3.05, 3.63) is 76.2 Å². The molecule has 1 unspecified atom stereocenters. The lowest BCUT2D eigenvalue weighted by Gasteiger charge is -2.56. The number of nitriles is 1. The number of nitrogens with zero attached hydrogens (tertiary/aromatic N) is 7. The van der Waals surface area contributed by atoms with Gasteiger partial charge in [0, 0.05) is 61.9 Å². The lowest BCUT2D eigenvalue weighted by Crippen LogP contribution is -2.61. The Morgan fingerprint density at radius 1 is 0.864 bits per heavy atom. The number of aromatic nitrogens is 2. The average molecular weight is 820 g/mol. The molecule has 2 N–H and O–H groups in total. The van der Waals surface area contributed by atoms with Crippen LogP contribution in [0.2, 0.25) is 5.02 Å². The van der Waals surface area contributed by atoms with Gasteiger partial charge in [0.1, 0.15) is 29.4 Å². The summed E-state index contributed by atoms with van der Waals surface area (Å²) in [5.74, 6) is -0.750. The molecule has 4 saturated heterocycles. The van der Waals surface area contributed by atoms with E-state index in [0.717, 1.165) is 107 Å². The van der Waals surface area contributed by atoms with E-state index < -0.39 is 29.7 Å². The van der Waals surface area contributed by atoms with Crippen LogP contribution in [0, 0.1) is 16.7 Å². The summed E-state index contributed by atoms with van der Waals surface area (Å²) in [7, 11) is 0. The molecule has 2 aromatic carbocycles. The number of hydrogen-bond donors (Lipinski definition) is 2. The highest BCUT2D eigenvalue weighted by Crippen LogP contribution is 2.44. The predicted molar refractivity (Wildman–Crippen MR) is 216 cm³/mol. The molecule has 306 valence electrons. The second kappa shape index (κ2) is 15.9. The number of amides is 5. The molecule has 0 radical (unpaired) electrons. The zero-order valence-corrected chi connectivity index (χ0v) is 33.5. The van der Waals surface area contributed by atoms with Crippen molar-refractivity contribution in [2.24, 2.45) is 5.41 Å². The largest absolute Gasteiger partial charge is 0.490 e. The smallest absolute Gasteiger partial charge is 0.271 e. The van der Waals surface area contributed by atoms with Crippen molar-refractivity contribution in [2.45, 2.75) is 88.4 Å². The number of benzene rings is 2. The van der Waals surface area contributed by atoms with E-state index in [2.05, 4.69) is 41.4 Å². The highest BCUT2D eigenvalue weighted by atomic mass is 35.5. The van der Waals surface area contributed by atoms with Crippen molar-refractivity contribution < 1.29 is 28.7 Å². The maximum atomic E-state index is 13.3. The summed E-state index contributed by atoms with van der Waals surface area (Å²) >= 11 is 6.15. The number of imide groups is 2. The fourth-order valence-corrected chi connectivity index (χ4v) is 9.99. The monoisotopic (exact) mass is 819 g/mol. The number of ether oxygens (including phenoxy) is 1. The molecule has 5 fully saturated rings. The van der Waals surface area contributed by atoms with Gasteiger partial charge in [0.05, 0.1) is 40.2 Å². The molecule has 0 bridgehead atoms. The number of hydrogen-bond acceptors (Lipinski definition) is 12. The molecule has 6 heterocycles. The maximum Gasteiger partial charge on any atom is 0.271 e. The van der Waals surface area contributed by atoms with Gasteiger partial charge in [-0.25, -0.2) is 9.97 Å². The van der Waals surface area contributed by atoms with Gasteiger partial charge in [-0.1, -0.05) is 11.6 Å². The van der Waals surface area contributed by atoms with Crippen LogP contribution in [-0.4, -0.2) is 113 Å². The normalized spacial score (nSPS) is 24.7. The average Bonchev–Trinajstić information content (AvgIpc) is 3.48. The lowest BCUT2D eigenvalue weighted by atomic mass is 9.71. The van der Waals surface area contributed by atoms with Gasteiger partial charge in [0.25, 0.3) is 17.7 Å². The molecule has 15 nitrogen and oxygen atoms in total. The number of rotatable bonds is 8. The summed E-state index contributed by atoms with van der Waals surface area (Å²) in [5, 5.41) is 14.8. The molecule has 59 heavy (non-hydrogen) atoms. The van der Waals surface area contributed by atoms with Gasteiger partial charge >= 0.3 is 0 Å². The zero-order chi connectivity index (χ0) is 40.8. The van der Waals surface area contributed by atoms with Crippen molar-refractivity contribution in [1.82, 2.24) is 30.4 Å². The number of fused-ring (bicyclic) bond motifs is 1. The van der Waals surface area contributed by atoms with Gasteiger partial charge in [-0.05, 0) is 101 Å². The number of anilines is 2. The topological polar surface area (TPSA) is 181 Å². The summed E-state index contributed by atoms with van der Waals surface area (Å²) in [5.41, 5.74) is 2.48. The minimum atomic E-state index is -0.969. The Balaban J connectivity index is 0.700. The summed E-state index contributed by atoms with van der Waals surface area (Å²) in [6.07, 6.45) is 11.0. The molecule has 9 rings (SSSR count). The molecule has 1 aromatic heterocycles. The van der Waals surface area contributed by atoms with E-state index in [1.807, 2.05) is 6.07 Å². The van der Waals surface area contributed by atoms with Gasteiger partial charge in [0.2, 0.25) is 11.8 Å². The van der Waals surface area contributed by atoms with E-state index in [1.165, 1.54) is 0 Å². The minimum absolute atomic E-state index is 0.0213. The van der Waals surface area contributed by atoms with Crippen LogP contribution in [0.4, 0.5) is 11.5 Å². The Labute approximate surface area is 347 Å². The van der Waals surface area contributed by atoms with E-state index in [4.69, 9.17) is 21.6 Å². The first kappa shape index (κ1) is 38.9. The van der Waals surface area contributed by atoms with Crippen LogP contribution in [0.25, 0.3) is 0 Å². The van der Waals surface area contributed by atoms with Crippen LogP contribution in [0.15, 0.2) is 48.8 Å². The first-order valence-electron chi connectivity index (χ1n) is 20.7. The van der Waals surface area contributed by atoms with Gasteiger partial charge in [0.15, 0.2) is 0 Å². The van der Waals surface area contributed by atoms with Gasteiger partial charge in [-0.15, -0.1) is 0 Å². The molecule has 1 atom stereocenters. The quantitative estimate of drug-likeness (QED) is 0.311. The van der Waals surface area contributed by atoms with Crippen molar-refractivity contribution in [2.75, 3.05) is 49.1 Å². The molecule has 5 aliphatic heterocycles. The van der Waals surface area contributed by atoms with Crippen molar-refractivity contribution in [1.29, 1.82) is 5.26 Å². The SMILES string of the molecule is N#Cc1ccc(O[C@H]2CC[C@H](NC(=O)c3cnc(N4CCC(N5CCC6(CC5)CN(c5ccc7c(c5)C(=O)N(C5CCC(=O)NC5=O)C7=O)C6)CC4)cn3)CC2)cc1Cl. The maximum absolute atomic E-state index is 13.3. The zero-order valence-electron chi connectivity index (χ0n) is 32.7. The number of carbonyl (C=O) groups is 5. The van der Waals surface area contributed by atoms with Gasteiger partial charge in [-0.3, -0.25) is 34.2 Å². The van der Waals surface area contributed by atoms with Gasteiger partial charge in [-0.2, -0.15) is 5.26 Å². The molecule has 3 aromatic rings. The summed E-state index contributed by atoms with van der Waals surface area (Å²) in [4.78, 5) is 80.9. The van der Waals surface area contributed by atoms with E-state index in [9.17, 15) is 24.0 Å². The minimum Gasteiger partial charge on any atom is -0.490 e. The summed E-state index contributed by atoms with van der Waals surface area (Å²) in [6.45, 7) is 5.64. The van der Waals surface area contributed by atoms with Crippen LogP contribution < -0.4 is 25.2 Å². The molecule has 1 spiro atoms. The van der Waals surface area contributed by atoms with E-state index in [0.29, 0.717) is 39.2 Å². The fourth-order valence-electron chi connectivity index (χ4n) is 9.78. The number of piperidine rings is 3. The second-order valence-corrected chi connectivity index (χ2v) is 17.3. The molecule has 6 aliphatic rings. The summed E-state index contributed by atoms with van der Waals surface area (Å²) < 4.78 is 6.08. The third-order valence-electron chi connectivity index (χ3n) is 13.2.